The van der Waals surface area contributed by atoms with Crippen molar-refractivity contribution in [2.45, 2.75) is 90.8 Å². The number of benzene rings is 1. The van der Waals surface area contributed by atoms with Gasteiger partial charge in [0.05, 0.1) is 0 Å². The Kier molecular flexibility index (Phi) is 11.9. The minimum absolute atomic E-state index is 0.440. The zero-order chi connectivity index (χ0) is 18.4. The van der Waals surface area contributed by atoms with E-state index in [9.17, 15) is 0 Å². The topological polar surface area (TPSA) is 18.5 Å². The number of methoxy groups -OCH3 is 1. The van der Waals surface area contributed by atoms with Crippen LogP contribution < -0.4 is 0 Å². The van der Waals surface area contributed by atoms with E-state index in [1.165, 1.54) is 50.5 Å². The van der Waals surface area contributed by atoms with Crippen LogP contribution in [0.1, 0.15) is 84.1 Å². The van der Waals surface area contributed by atoms with Crippen molar-refractivity contribution in [3.8, 4) is 0 Å². The zero-order valence-electron chi connectivity index (χ0n) is 17.1. The summed E-state index contributed by atoms with van der Waals surface area (Å²) in [5, 5.41) is 0. The van der Waals surface area contributed by atoms with Crippen LogP contribution in [0, 0.1) is 5.92 Å². The molecule has 2 heteroatoms. The van der Waals surface area contributed by atoms with Gasteiger partial charge in [-0.3, -0.25) is 0 Å². The van der Waals surface area contributed by atoms with Gasteiger partial charge in [0.25, 0.3) is 0 Å². The number of unbranched alkanes of at least 4 members (excludes halogenated alkanes) is 5. The van der Waals surface area contributed by atoms with E-state index in [2.05, 4.69) is 51.1 Å². The number of hydrogen-bond acceptors (Lipinski definition) is 2. The second-order valence-electron chi connectivity index (χ2n) is 7.19. The molecular formula is C23H40O2. The highest BCUT2D eigenvalue weighted by Crippen LogP contribution is 2.34. The van der Waals surface area contributed by atoms with Crippen LogP contribution in [0.4, 0.5) is 0 Å². The minimum atomic E-state index is -0.491. The predicted octanol–water partition coefficient (Wildman–Crippen LogP) is 6.78. The van der Waals surface area contributed by atoms with Crippen molar-refractivity contribution in [1.29, 1.82) is 0 Å². The first-order valence-corrected chi connectivity index (χ1v) is 10.4. The van der Waals surface area contributed by atoms with Gasteiger partial charge in [-0.2, -0.15) is 0 Å². The Labute approximate surface area is 156 Å². The highest BCUT2D eigenvalue weighted by atomic mass is 16.7. The molecule has 2 atom stereocenters. The Morgan fingerprint density at radius 2 is 1.56 bits per heavy atom. The van der Waals surface area contributed by atoms with Crippen molar-refractivity contribution in [3.63, 3.8) is 0 Å². The molecule has 1 rings (SSSR count). The fourth-order valence-corrected chi connectivity index (χ4v) is 3.67. The van der Waals surface area contributed by atoms with Crippen LogP contribution in [-0.2, 0) is 15.9 Å². The fourth-order valence-electron chi connectivity index (χ4n) is 3.67. The standard InChI is InChI=1S/C23H40O2/c1-5-8-9-10-11-15-18-22(7-3)23(24-4,25-19-6-2)20-21-16-13-12-14-17-21/h12-14,16-17,22H,5-11,15,18-20H2,1-4H3. The Balaban J connectivity index is 2.72. The molecule has 0 amide bonds. The molecular weight excluding hydrogens is 308 g/mol. The van der Waals surface area contributed by atoms with Gasteiger partial charge in [0, 0.05) is 26.1 Å². The number of rotatable bonds is 15. The average Bonchev–Trinajstić information content (AvgIpc) is 2.65. The summed E-state index contributed by atoms with van der Waals surface area (Å²) >= 11 is 0. The van der Waals surface area contributed by atoms with Crippen LogP contribution in [0.2, 0.25) is 0 Å². The maximum absolute atomic E-state index is 6.36. The maximum Gasteiger partial charge on any atom is 0.174 e. The van der Waals surface area contributed by atoms with Gasteiger partial charge in [-0.25, -0.2) is 0 Å². The van der Waals surface area contributed by atoms with E-state index in [1.54, 1.807) is 0 Å². The van der Waals surface area contributed by atoms with Gasteiger partial charge < -0.3 is 9.47 Å². The molecule has 0 N–H and O–H groups in total. The molecule has 2 unspecified atom stereocenters. The van der Waals surface area contributed by atoms with Gasteiger partial charge in [0.1, 0.15) is 0 Å². The third kappa shape index (κ3) is 7.92. The molecule has 0 saturated heterocycles. The van der Waals surface area contributed by atoms with Gasteiger partial charge in [-0.1, -0.05) is 89.6 Å². The SMILES string of the molecule is CCCCCCCCC(CC)C(Cc1ccccc1)(OC)OCCC. The molecule has 144 valence electrons. The molecule has 0 fully saturated rings. The normalized spacial score (nSPS) is 15.0. The molecule has 2 nitrogen and oxygen atoms in total. The summed E-state index contributed by atoms with van der Waals surface area (Å²) in [6.07, 6.45) is 12.2. The van der Waals surface area contributed by atoms with Crippen molar-refractivity contribution in [1.82, 2.24) is 0 Å². The lowest BCUT2D eigenvalue weighted by Crippen LogP contribution is -2.45. The molecule has 0 spiro atoms. The maximum atomic E-state index is 6.36. The fraction of sp³-hybridized carbons (Fsp3) is 0.739. The summed E-state index contributed by atoms with van der Waals surface area (Å²) < 4.78 is 12.4. The lowest BCUT2D eigenvalue weighted by Gasteiger charge is -2.39. The molecule has 0 heterocycles. The highest BCUT2D eigenvalue weighted by Gasteiger charge is 2.38. The summed E-state index contributed by atoms with van der Waals surface area (Å²) in [6, 6.07) is 10.6. The van der Waals surface area contributed by atoms with E-state index in [0.29, 0.717) is 5.92 Å². The van der Waals surface area contributed by atoms with Gasteiger partial charge in [-0.15, -0.1) is 0 Å². The lowest BCUT2D eigenvalue weighted by molar-refractivity contribution is -0.255. The smallest absolute Gasteiger partial charge is 0.174 e. The Bertz CT molecular complexity index is 417. The van der Waals surface area contributed by atoms with Crippen molar-refractivity contribution >= 4 is 0 Å². The molecule has 0 radical (unpaired) electrons. The second kappa shape index (κ2) is 13.4. The largest absolute Gasteiger partial charge is 0.353 e. The first kappa shape index (κ1) is 22.2. The van der Waals surface area contributed by atoms with E-state index in [0.717, 1.165) is 25.9 Å². The van der Waals surface area contributed by atoms with Gasteiger partial charge in [0.2, 0.25) is 0 Å². The summed E-state index contributed by atoms with van der Waals surface area (Å²) in [5.74, 6) is -0.0503. The zero-order valence-corrected chi connectivity index (χ0v) is 17.1. The van der Waals surface area contributed by atoms with Crippen LogP contribution >= 0.6 is 0 Å². The van der Waals surface area contributed by atoms with Crippen LogP contribution in [0.3, 0.4) is 0 Å². The first-order valence-electron chi connectivity index (χ1n) is 10.4. The molecule has 0 saturated carbocycles. The van der Waals surface area contributed by atoms with Gasteiger partial charge in [-0.05, 0) is 24.8 Å². The van der Waals surface area contributed by atoms with E-state index >= 15 is 0 Å². The quantitative estimate of drug-likeness (QED) is 0.257. The Morgan fingerprint density at radius 3 is 2.16 bits per heavy atom. The molecule has 0 aliphatic rings. The molecule has 0 bridgehead atoms. The minimum Gasteiger partial charge on any atom is -0.353 e. The van der Waals surface area contributed by atoms with Gasteiger partial charge >= 0.3 is 0 Å². The molecule has 0 aromatic heterocycles. The third-order valence-electron chi connectivity index (χ3n) is 5.21. The van der Waals surface area contributed by atoms with Crippen molar-refractivity contribution in [3.05, 3.63) is 35.9 Å². The van der Waals surface area contributed by atoms with Crippen molar-refractivity contribution in [2.24, 2.45) is 5.92 Å². The summed E-state index contributed by atoms with van der Waals surface area (Å²) in [5.41, 5.74) is 1.29. The Hall–Kier alpha value is -0.860. The van der Waals surface area contributed by atoms with Crippen molar-refractivity contribution in [2.75, 3.05) is 13.7 Å². The average molecular weight is 349 g/mol. The summed E-state index contributed by atoms with van der Waals surface area (Å²) in [7, 11) is 1.82. The number of hydrogen-bond donors (Lipinski definition) is 0. The molecule has 25 heavy (non-hydrogen) atoms. The Morgan fingerprint density at radius 1 is 0.880 bits per heavy atom. The van der Waals surface area contributed by atoms with E-state index in [4.69, 9.17) is 9.47 Å². The van der Waals surface area contributed by atoms with E-state index in [-0.39, 0.29) is 0 Å². The lowest BCUT2D eigenvalue weighted by atomic mass is 9.85. The first-order chi connectivity index (χ1) is 12.2. The van der Waals surface area contributed by atoms with Crippen molar-refractivity contribution < 1.29 is 9.47 Å². The molecule has 1 aromatic rings. The predicted molar refractivity (Wildman–Crippen MR) is 108 cm³/mol. The molecule has 1 aromatic carbocycles. The third-order valence-corrected chi connectivity index (χ3v) is 5.21. The second-order valence-corrected chi connectivity index (χ2v) is 7.19. The van der Waals surface area contributed by atoms with Gasteiger partial charge in [0.15, 0.2) is 5.79 Å². The number of ether oxygens (including phenoxy) is 2. The highest BCUT2D eigenvalue weighted by molar-refractivity contribution is 5.16. The van der Waals surface area contributed by atoms with E-state index in [1.807, 2.05) is 7.11 Å². The molecule has 0 aliphatic heterocycles. The van der Waals surface area contributed by atoms with Crippen LogP contribution in [0.5, 0.6) is 0 Å². The summed E-state index contributed by atoms with van der Waals surface area (Å²) in [6.45, 7) is 7.47. The monoisotopic (exact) mass is 348 g/mol. The van der Waals surface area contributed by atoms with Crippen LogP contribution in [0.15, 0.2) is 30.3 Å². The van der Waals surface area contributed by atoms with E-state index < -0.39 is 5.79 Å². The molecule has 0 aliphatic carbocycles. The van der Waals surface area contributed by atoms with Crippen LogP contribution in [-0.4, -0.2) is 19.5 Å². The van der Waals surface area contributed by atoms with Crippen LogP contribution in [0.25, 0.3) is 0 Å². The summed E-state index contributed by atoms with van der Waals surface area (Å²) in [4.78, 5) is 0.